The van der Waals surface area contributed by atoms with E-state index in [0.717, 1.165) is 70.6 Å². The number of carbonyl (C=O) groups is 2. The summed E-state index contributed by atoms with van der Waals surface area (Å²) in [5, 5.41) is 23.8. The van der Waals surface area contributed by atoms with Crippen LogP contribution >= 0.6 is 0 Å². The Hall–Kier alpha value is -2.44. The quantitative estimate of drug-likeness (QED) is 0.0245. The molecule has 0 aromatic heterocycles. The molecular weight excluding hydrogens is 791 g/mol. The van der Waals surface area contributed by atoms with Gasteiger partial charge in [0, 0.05) is 6.42 Å². The van der Waals surface area contributed by atoms with Crippen molar-refractivity contribution in [1.29, 1.82) is 0 Å². The number of carbonyl (C=O) groups excluding carboxylic acids is 2. The second kappa shape index (κ2) is 51.5. The minimum atomic E-state index is -0.801. The first-order chi connectivity index (χ1) is 31.5. The third-order valence-corrected chi connectivity index (χ3v) is 12.4. The van der Waals surface area contributed by atoms with Gasteiger partial charge in [-0.3, -0.25) is 9.59 Å². The third kappa shape index (κ3) is 46.1. The fourth-order valence-electron chi connectivity index (χ4n) is 8.26. The summed E-state index contributed by atoms with van der Waals surface area (Å²) in [6.45, 7) is 6.34. The lowest BCUT2D eigenvalue weighted by atomic mass is 10.0. The van der Waals surface area contributed by atoms with Gasteiger partial charge in [-0.2, -0.15) is 0 Å². The van der Waals surface area contributed by atoms with Crippen molar-refractivity contribution in [3.63, 3.8) is 0 Å². The molecule has 0 aliphatic carbocycles. The molecule has 0 bridgehead atoms. The maximum Gasteiger partial charge on any atom is 0.306 e. The molecule has 0 aliphatic rings. The van der Waals surface area contributed by atoms with Gasteiger partial charge in [0.2, 0.25) is 5.91 Å². The molecule has 3 N–H and O–H groups in total. The minimum absolute atomic E-state index is 0.0494. The molecule has 0 aliphatic heterocycles. The van der Waals surface area contributed by atoms with Gasteiger partial charge in [-0.1, -0.05) is 248 Å². The summed E-state index contributed by atoms with van der Waals surface area (Å²) in [5.41, 5.74) is 0. The molecule has 0 spiro atoms. The molecule has 0 fully saturated rings. The first-order valence-corrected chi connectivity index (χ1v) is 27.6. The van der Waals surface area contributed by atoms with Gasteiger partial charge in [0.15, 0.2) is 0 Å². The second-order valence-electron chi connectivity index (χ2n) is 18.7. The van der Waals surface area contributed by atoms with Crippen molar-refractivity contribution in [2.45, 2.75) is 289 Å². The van der Waals surface area contributed by atoms with Crippen LogP contribution in [0, 0.1) is 0 Å². The highest BCUT2D eigenvalue weighted by atomic mass is 16.5. The largest absolute Gasteiger partial charge is 0.462 e. The summed E-state index contributed by atoms with van der Waals surface area (Å²) in [7, 11) is 0. The predicted molar refractivity (Wildman–Crippen MR) is 278 cm³/mol. The van der Waals surface area contributed by atoms with E-state index in [1.807, 2.05) is 24.3 Å². The van der Waals surface area contributed by atoms with Crippen molar-refractivity contribution in [2.75, 3.05) is 6.61 Å². The van der Waals surface area contributed by atoms with Crippen molar-refractivity contribution in [3.8, 4) is 0 Å². The third-order valence-electron chi connectivity index (χ3n) is 12.4. The fourth-order valence-corrected chi connectivity index (χ4v) is 8.26. The number of nitrogens with one attached hydrogen (secondary N) is 1. The topological polar surface area (TPSA) is 95.9 Å². The summed E-state index contributed by atoms with van der Waals surface area (Å²) in [6, 6.07) is -0.717. The zero-order chi connectivity index (χ0) is 46.7. The van der Waals surface area contributed by atoms with Crippen molar-refractivity contribution in [2.24, 2.45) is 0 Å². The normalized spacial score (nSPS) is 13.6. The molecule has 0 aromatic rings. The Morgan fingerprint density at radius 3 is 1.36 bits per heavy atom. The van der Waals surface area contributed by atoms with Crippen LogP contribution in [0.1, 0.15) is 271 Å². The van der Waals surface area contributed by atoms with Crippen LogP contribution in [0.25, 0.3) is 0 Å². The molecule has 0 saturated carbocycles. The van der Waals surface area contributed by atoms with E-state index in [1.54, 1.807) is 0 Å². The first-order valence-electron chi connectivity index (χ1n) is 27.6. The Kier molecular flexibility index (Phi) is 49.6. The van der Waals surface area contributed by atoms with Crippen LogP contribution in [0.15, 0.2) is 60.8 Å². The molecule has 0 heterocycles. The van der Waals surface area contributed by atoms with E-state index in [1.165, 1.54) is 154 Å². The molecule has 3 atom stereocenters. The smallest absolute Gasteiger partial charge is 0.306 e. The monoisotopic (exact) mass is 896 g/mol. The van der Waals surface area contributed by atoms with Gasteiger partial charge < -0.3 is 20.3 Å². The van der Waals surface area contributed by atoms with Crippen molar-refractivity contribution in [1.82, 2.24) is 5.32 Å². The maximum absolute atomic E-state index is 13.2. The van der Waals surface area contributed by atoms with Gasteiger partial charge in [0.25, 0.3) is 0 Å². The Morgan fingerprint density at radius 2 is 0.859 bits per heavy atom. The van der Waals surface area contributed by atoms with E-state index in [0.29, 0.717) is 19.3 Å². The fraction of sp³-hybridized carbons (Fsp3) is 0.793. The first kappa shape index (κ1) is 61.6. The van der Waals surface area contributed by atoms with Crippen LogP contribution in [0.4, 0.5) is 0 Å². The molecule has 3 unspecified atom stereocenters. The average molecular weight is 896 g/mol. The minimum Gasteiger partial charge on any atom is -0.462 e. The SMILES string of the molecule is CC/C=C/C=C/C=C/C=C\CCCCCC(CC(=O)NC(CO)C(O)CCCCCCCCCCCCCCCCCCC)OC(=O)CCCCCCCCC/C=C\CCCCCC. The van der Waals surface area contributed by atoms with Gasteiger partial charge in [0.1, 0.15) is 6.10 Å². The van der Waals surface area contributed by atoms with Gasteiger partial charge in [-0.25, -0.2) is 0 Å². The molecule has 0 radical (unpaired) electrons. The maximum atomic E-state index is 13.2. The number of rotatable bonds is 49. The number of aliphatic hydroxyl groups excluding tert-OH is 2. The Balaban J connectivity index is 4.56. The molecule has 6 nitrogen and oxygen atoms in total. The van der Waals surface area contributed by atoms with Gasteiger partial charge in [-0.05, 0) is 70.6 Å². The van der Waals surface area contributed by atoms with Crippen LogP contribution in [-0.4, -0.2) is 46.9 Å². The standard InChI is InChI=1S/C58H105NO5/c1-4-7-10-13-16-19-22-25-27-28-30-32-35-38-41-44-47-50-56(61)55(53-60)59-57(62)52-54(49-46-43-40-37-34-31-24-21-18-15-12-9-6-3)64-58(63)51-48-45-42-39-36-33-29-26-23-20-17-14-11-8-5-2/h9,12,15,18,20-21,23-24,31,34,54-56,60-61H,4-8,10-11,13-14,16-17,19,22,25-30,32-33,35-53H2,1-3H3,(H,59,62)/b12-9+,18-15+,23-20-,24-21+,34-31-. The lowest BCUT2D eigenvalue weighted by Crippen LogP contribution is -2.46. The van der Waals surface area contributed by atoms with Crippen molar-refractivity contribution in [3.05, 3.63) is 60.8 Å². The van der Waals surface area contributed by atoms with Crippen LogP contribution in [0.3, 0.4) is 0 Å². The summed E-state index contributed by atoms with van der Waals surface area (Å²) >= 11 is 0. The summed E-state index contributed by atoms with van der Waals surface area (Å²) in [4.78, 5) is 26.2. The molecule has 1 amide bonds. The highest BCUT2D eigenvalue weighted by molar-refractivity contribution is 5.77. The van der Waals surface area contributed by atoms with Gasteiger partial charge in [0.05, 0.1) is 25.2 Å². The molecule has 0 rings (SSSR count). The number of allylic oxidation sites excluding steroid dienone is 10. The number of unbranched alkanes of at least 4 members (excludes halogenated alkanes) is 30. The lowest BCUT2D eigenvalue weighted by molar-refractivity contribution is -0.151. The lowest BCUT2D eigenvalue weighted by Gasteiger charge is -2.24. The van der Waals surface area contributed by atoms with Crippen molar-refractivity contribution < 1.29 is 24.5 Å². The highest BCUT2D eigenvalue weighted by Crippen LogP contribution is 2.18. The Labute approximate surface area is 397 Å². The van der Waals surface area contributed by atoms with Gasteiger partial charge in [-0.15, -0.1) is 0 Å². The van der Waals surface area contributed by atoms with E-state index >= 15 is 0 Å². The van der Waals surface area contributed by atoms with Crippen LogP contribution in [0.2, 0.25) is 0 Å². The van der Waals surface area contributed by atoms with Gasteiger partial charge >= 0.3 is 5.97 Å². The number of amides is 1. The van der Waals surface area contributed by atoms with Crippen LogP contribution in [0.5, 0.6) is 0 Å². The molecular formula is C58H105NO5. The molecule has 64 heavy (non-hydrogen) atoms. The van der Waals surface area contributed by atoms with E-state index in [-0.39, 0.29) is 24.9 Å². The Bertz CT molecular complexity index is 1140. The summed E-state index contributed by atoms with van der Waals surface area (Å²) in [6.07, 6.45) is 64.3. The van der Waals surface area contributed by atoms with E-state index < -0.39 is 18.2 Å². The van der Waals surface area contributed by atoms with E-state index in [2.05, 4.69) is 62.5 Å². The molecule has 6 heteroatoms. The second-order valence-corrected chi connectivity index (χ2v) is 18.7. The summed E-state index contributed by atoms with van der Waals surface area (Å²) in [5.74, 6) is -0.513. The highest BCUT2D eigenvalue weighted by Gasteiger charge is 2.24. The molecule has 372 valence electrons. The van der Waals surface area contributed by atoms with Crippen molar-refractivity contribution >= 4 is 11.9 Å². The van der Waals surface area contributed by atoms with E-state index in [9.17, 15) is 19.8 Å². The van der Waals surface area contributed by atoms with E-state index in [4.69, 9.17) is 4.74 Å². The predicted octanol–water partition coefficient (Wildman–Crippen LogP) is 16.8. The average Bonchev–Trinajstić information content (AvgIpc) is 3.29. The van der Waals surface area contributed by atoms with Crippen LogP contribution in [-0.2, 0) is 14.3 Å². The zero-order valence-corrected chi connectivity index (χ0v) is 42.4. The number of hydrogen-bond donors (Lipinski definition) is 3. The molecule has 0 aromatic carbocycles. The van der Waals surface area contributed by atoms with Crippen LogP contribution < -0.4 is 5.32 Å². The number of esters is 1. The summed E-state index contributed by atoms with van der Waals surface area (Å²) < 4.78 is 5.92. The number of aliphatic hydroxyl groups is 2. The Morgan fingerprint density at radius 1 is 0.469 bits per heavy atom. The molecule has 0 saturated heterocycles. The number of ether oxygens (including phenoxy) is 1. The zero-order valence-electron chi connectivity index (χ0n) is 42.4. The number of hydrogen-bond acceptors (Lipinski definition) is 5.